The molecule has 116 valence electrons. The molecule has 6 nitrogen and oxygen atoms in total. The fourth-order valence-electron chi connectivity index (χ4n) is 1.70. The van der Waals surface area contributed by atoms with Crippen molar-refractivity contribution in [3.8, 4) is 0 Å². The molecule has 0 aromatic heterocycles. The van der Waals surface area contributed by atoms with Crippen LogP contribution in [0.4, 0.5) is 9.18 Å². The van der Waals surface area contributed by atoms with Gasteiger partial charge in [0.15, 0.2) is 12.1 Å². The quantitative estimate of drug-likeness (QED) is 0.586. The lowest BCUT2D eigenvalue weighted by Gasteiger charge is -2.21. The topological polar surface area (TPSA) is 70.1 Å². The first-order chi connectivity index (χ1) is 9.93. The highest BCUT2D eigenvalue weighted by Crippen LogP contribution is 2.08. The van der Waals surface area contributed by atoms with E-state index in [1.54, 1.807) is 24.3 Å². The fourth-order valence-corrected chi connectivity index (χ4v) is 1.70. The Kier molecular flexibility index (Phi) is 6.77. The van der Waals surface area contributed by atoms with Gasteiger partial charge in [0.05, 0.1) is 20.1 Å². The van der Waals surface area contributed by atoms with Crippen molar-refractivity contribution in [2.24, 2.45) is 0 Å². The summed E-state index contributed by atoms with van der Waals surface area (Å²) in [6.45, 7) is -0.277. The van der Waals surface area contributed by atoms with Gasteiger partial charge in [-0.2, -0.15) is 5.06 Å². The van der Waals surface area contributed by atoms with E-state index in [0.29, 0.717) is 0 Å². The minimum atomic E-state index is -1.60. The second kappa shape index (κ2) is 8.33. The van der Waals surface area contributed by atoms with Crippen molar-refractivity contribution < 1.29 is 23.9 Å². The summed E-state index contributed by atoms with van der Waals surface area (Å²) in [6, 6.07) is 8.90. The van der Waals surface area contributed by atoms with Crippen LogP contribution in [-0.2, 0) is 16.2 Å². The number of rotatable bonds is 8. The average molecular weight is 298 g/mol. The zero-order chi connectivity index (χ0) is 15.8. The van der Waals surface area contributed by atoms with E-state index in [0.717, 1.165) is 15.5 Å². The number of hydrogen-bond acceptors (Lipinski definition) is 4. The van der Waals surface area contributed by atoms with Crippen molar-refractivity contribution in [1.29, 1.82) is 0 Å². The lowest BCUT2D eigenvalue weighted by Crippen LogP contribution is -2.37. The number of hydroxylamine groups is 2. The van der Waals surface area contributed by atoms with Crippen LogP contribution < -0.4 is 0 Å². The number of carbonyl (C=O) groups excluding carboxylic acids is 1. The maximum atomic E-state index is 13.5. The van der Waals surface area contributed by atoms with Gasteiger partial charge in [0.1, 0.15) is 0 Å². The Balaban J connectivity index is 2.58. The summed E-state index contributed by atoms with van der Waals surface area (Å²) < 4.78 is 13.5. The molecule has 1 atom stereocenters. The summed E-state index contributed by atoms with van der Waals surface area (Å²) in [5, 5.41) is 10.0. The van der Waals surface area contributed by atoms with Crippen LogP contribution in [0.5, 0.6) is 0 Å². The number of carbonyl (C=O) groups is 2. The van der Waals surface area contributed by atoms with Gasteiger partial charge in [-0.05, 0) is 5.56 Å². The van der Waals surface area contributed by atoms with Crippen LogP contribution in [0.2, 0.25) is 0 Å². The normalized spacial score (nSPS) is 12.2. The Morgan fingerprint density at radius 2 is 1.95 bits per heavy atom. The molecule has 0 fully saturated rings. The van der Waals surface area contributed by atoms with Crippen molar-refractivity contribution in [2.75, 3.05) is 20.7 Å². The molecule has 1 unspecified atom stereocenters. The van der Waals surface area contributed by atoms with Gasteiger partial charge < -0.3 is 5.11 Å². The molecule has 1 aromatic rings. The van der Waals surface area contributed by atoms with Gasteiger partial charge in [-0.25, -0.2) is 9.18 Å². The predicted molar refractivity (Wildman–Crippen MR) is 74.2 cm³/mol. The zero-order valence-electron chi connectivity index (χ0n) is 12.0. The average Bonchev–Trinajstić information content (AvgIpc) is 2.46. The van der Waals surface area contributed by atoms with Crippen LogP contribution >= 0.6 is 0 Å². The van der Waals surface area contributed by atoms with Gasteiger partial charge in [-0.3, -0.25) is 14.5 Å². The third kappa shape index (κ3) is 5.88. The number of ketones is 1. The third-order valence-electron chi connectivity index (χ3n) is 2.93. The Morgan fingerprint density at radius 3 is 2.48 bits per heavy atom. The highest BCUT2D eigenvalue weighted by atomic mass is 19.1. The number of amides is 1. The Bertz CT molecular complexity index is 469. The summed E-state index contributed by atoms with van der Waals surface area (Å²) in [7, 11) is 2.65. The zero-order valence-corrected chi connectivity index (χ0v) is 12.0. The van der Waals surface area contributed by atoms with Crippen molar-refractivity contribution in [2.45, 2.75) is 19.3 Å². The standard InChI is InChI=1S/C14H19FN2O4/c1-16(21-2)13(15)8-12(18)10-17(14(19)20)9-11-6-4-3-5-7-11/h3-7,13H,8-10H2,1-2H3,(H,19,20). The molecule has 0 aliphatic carbocycles. The summed E-state index contributed by atoms with van der Waals surface area (Å²) in [5.41, 5.74) is 0.763. The number of nitrogens with zero attached hydrogens (tertiary/aromatic N) is 2. The maximum absolute atomic E-state index is 13.5. The van der Waals surface area contributed by atoms with E-state index >= 15 is 0 Å². The monoisotopic (exact) mass is 298 g/mol. The van der Waals surface area contributed by atoms with Gasteiger partial charge in [-0.1, -0.05) is 30.3 Å². The molecule has 0 bridgehead atoms. The van der Waals surface area contributed by atoms with E-state index in [9.17, 15) is 14.0 Å². The molecular weight excluding hydrogens is 279 g/mol. The second-order valence-corrected chi connectivity index (χ2v) is 4.53. The number of alkyl halides is 1. The largest absolute Gasteiger partial charge is 0.465 e. The van der Waals surface area contributed by atoms with Crippen molar-refractivity contribution in [3.05, 3.63) is 35.9 Å². The molecule has 1 rings (SSSR count). The predicted octanol–water partition coefficient (Wildman–Crippen LogP) is 1.91. The SMILES string of the molecule is CON(C)C(F)CC(=O)CN(Cc1ccccc1)C(=O)O. The van der Waals surface area contributed by atoms with Crippen LogP contribution in [-0.4, -0.2) is 53.9 Å². The highest BCUT2D eigenvalue weighted by molar-refractivity contribution is 5.83. The third-order valence-corrected chi connectivity index (χ3v) is 2.93. The number of benzene rings is 1. The Labute approximate surface area is 122 Å². The van der Waals surface area contributed by atoms with E-state index < -0.39 is 24.6 Å². The molecule has 0 saturated carbocycles. The number of halogens is 1. The van der Waals surface area contributed by atoms with Crippen LogP contribution in [0.3, 0.4) is 0 Å². The minimum Gasteiger partial charge on any atom is -0.465 e. The van der Waals surface area contributed by atoms with E-state index in [4.69, 9.17) is 5.11 Å². The molecule has 0 heterocycles. The second-order valence-electron chi connectivity index (χ2n) is 4.53. The molecule has 0 aliphatic rings. The molecule has 1 amide bonds. The van der Waals surface area contributed by atoms with Gasteiger partial charge in [0.25, 0.3) is 0 Å². The Morgan fingerprint density at radius 1 is 1.33 bits per heavy atom. The van der Waals surface area contributed by atoms with Crippen LogP contribution in [0, 0.1) is 0 Å². The van der Waals surface area contributed by atoms with E-state index in [1.807, 2.05) is 6.07 Å². The Hall–Kier alpha value is -1.99. The summed E-state index contributed by atoms with van der Waals surface area (Å²) >= 11 is 0. The van der Waals surface area contributed by atoms with Crippen LogP contribution in [0.15, 0.2) is 30.3 Å². The van der Waals surface area contributed by atoms with E-state index in [2.05, 4.69) is 4.84 Å². The first-order valence-electron chi connectivity index (χ1n) is 6.38. The fraction of sp³-hybridized carbons (Fsp3) is 0.429. The lowest BCUT2D eigenvalue weighted by molar-refractivity contribution is -0.180. The van der Waals surface area contributed by atoms with Gasteiger partial charge in [0, 0.05) is 13.6 Å². The smallest absolute Gasteiger partial charge is 0.407 e. The first-order valence-corrected chi connectivity index (χ1v) is 6.38. The molecular formula is C14H19FN2O4. The summed E-state index contributed by atoms with van der Waals surface area (Å²) in [4.78, 5) is 28.5. The minimum absolute atomic E-state index is 0.0823. The molecule has 21 heavy (non-hydrogen) atoms. The van der Waals surface area contributed by atoms with Gasteiger partial charge >= 0.3 is 6.09 Å². The van der Waals surface area contributed by atoms with Crippen molar-refractivity contribution >= 4 is 11.9 Å². The van der Waals surface area contributed by atoms with Crippen molar-refractivity contribution in [3.63, 3.8) is 0 Å². The number of carboxylic acid groups (broad SMARTS) is 1. The van der Waals surface area contributed by atoms with Gasteiger partial charge in [0.2, 0.25) is 0 Å². The molecule has 0 radical (unpaired) electrons. The number of hydrogen-bond donors (Lipinski definition) is 1. The van der Waals surface area contributed by atoms with Crippen LogP contribution in [0.25, 0.3) is 0 Å². The molecule has 0 spiro atoms. The number of Topliss-reactive ketones (excluding diaryl/α,β-unsaturated/α-hetero) is 1. The summed E-state index contributed by atoms with van der Waals surface area (Å²) in [5.74, 6) is -0.510. The van der Waals surface area contributed by atoms with Crippen molar-refractivity contribution in [1.82, 2.24) is 9.96 Å². The van der Waals surface area contributed by atoms with Crippen LogP contribution in [0.1, 0.15) is 12.0 Å². The maximum Gasteiger partial charge on any atom is 0.407 e. The van der Waals surface area contributed by atoms with E-state index in [1.165, 1.54) is 14.2 Å². The summed E-state index contributed by atoms with van der Waals surface area (Å²) in [6.07, 6.45) is -3.25. The molecule has 7 heteroatoms. The molecule has 1 N–H and O–H groups in total. The first kappa shape index (κ1) is 17.1. The molecule has 1 aromatic carbocycles. The van der Waals surface area contributed by atoms with E-state index in [-0.39, 0.29) is 13.1 Å². The molecule has 0 saturated heterocycles. The highest BCUT2D eigenvalue weighted by Gasteiger charge is 2.21. The molecule has 0 aliphatic heterocycles. The van der Waals surface area contributed by atoms with Gasteiger partial charge in [-0.15, -0.1) is 0 Å². The lowest BCUT2D eigenvalue weighted by atomic mass is 10.2.